The zero-order valence-electron chi connectivity index (χ0n) is 11.1. The van der Waals surface area contributed by atoms with E-state index in [-0.39, 0.29) is 0 Å². The molecule has 2 nitrogen and oxygen atoms in total. The third kappa shape index (κ3) is 2.26. The highest BCUT2D eigenvalue weighted by Gasteiger charge is 2.07. The normalized spacial score (nSPS) is 10.8. The van der Waals surface area contributed by atoms with Gasteiger partial charge < -0.3 is 5.32 Å². The fraction of sp³-hybridized carbons (Fsp3) is 0.400. The summed E-state index contributed by atoms with van der Waals surface area (Å²) >= 11 is 0. The molecule has 1 heterocycles. The van der Waals surface area contributed by atoms with Crippen molar-refractivity contribution in [1.82, 2.24) is 4.98 Å². The van der Waals surface area contributed by atoms with E-state index in [1.54, 1.807) is 0 Å². The second-order valence-corrected chi connectivity index (χ2v) is 4.64. The summed E-state index contributed by atoms with van der Waals surface area (Å²) in [5.74, 6) is 0. The Kier molecular flexibility index (Phi) is 3.32. The maximum Gasteiger partial charge on any atom is 0.0757 e. The van der Waals surface area contributed by atoms with Gasteiger partial charge in [0.15, 0.2) is 0 Å². The highest BCUT2D eigenvalue weighted by molar-refractivity contribution is 5.93. The van der Waals surface area contributed by atoms with E-state index >= 15 is 0 Å². The van der Waals surface area contributed by atoms with Crippen LogP contribution in [-0.2, 0) is 0 Å². The average molecular weight is 228 g/mol. The van der Waals surface area contributed by atoms with Crippen LogP contribution < -0.4 is 5.32 Å². The summed E-state index contributed by atoms with van der Waals surface area (Å²) < 4.78 is 0. The molecule has 0 fully saturated rings. The van der Waals surface area contributed by atoms with E-state index < -0.39 is 0 Å². The maximum absolute atomic E-state index is 4.66. The number of anilines is 1. The average Bonchev–Trinajstić information content (AvgIpc) is 2.31. The Labute approximate surface area is 103 Å². The lowest BCUT2D eigenvalue weighted by molar-refractivity contribution is 0.980. The highest BCUT2D eigenvalue weighted by atomic mass is 14.9. The maximum atomic E-state index is 4.66. The molecule has 0 aliphatic carbocycles. The van der Waals surface area contributed by atoms with E-state index in [9.17, 15) is 0 Å². The molecule has 0 saturated carbocycles. The van der Waals surface area contributed by atoms with Crippen molar-refractivity contribution in [2.45, 2.75) is 34.1 Å². The lowest BCUT2D eigenvalue weighted by Crippen LogP contribution is -2.02. The summed E-state index contributed by atoms with van der Waals surface area (Å²) in [6, 6.07) is 6.47. The minimum absolute atomic E-state index is 1.01. The van der Waals surface area contributed by atoms with Gasteiger partial charge in [-0.15, -0.1) is 0 Å². The molecular weight excluding hydrogens is 208 g/mol. The first kappa shape index (κ1) is 11.9. The second-order valence-electron chi connectivity index (χ2n) is 4.64. The van der Waals surface area contributed by atoms with Crippen LogP contribution in [0, 0.1) is 20.8 Å². The summed E-state index contributed by atoms with van der Waals surface area (Å²) in [7, 11) is 0. The van der Waals surface area contributed by atoms with Crippen molar-refractivity contribution >= 4 is 16.6 Å². The van der Waals surface area contributed by atoms with Crippen LogP contribution in [0.2, 0.25) is 0 Å². The number of nitrogens with one attached hydrogen (secondary N) is 1. The predicted octanol–water partition coefficient (Wildman–Crippen LogP) is 3.98. The third-order valence-corrected chi connectivity index (χ3v) is 3.20. The van der Waals surface area contributed by atoms with Gasteiger partial charge >= 0.3 is 0 Å². The van der Waals surface area contributed by atoms with Crippen LogP contribution in [0.1, 0.15) is 30.2 Å². The number of hydrogen-bond donors (Lipinski definition) is 1. The van der Waals surface area contributed by atoms with E-state index in [0.717, 1.165) is 24.2 Å². The van der Waals surface area contributed by atoms with Crippen LogP contribution in [-0.4, -0.2) is 11.5 Å². The van der Waals surface area contributed by atoms with E-state index in [1.165, 1.54) is 22.2 Å². The minimum Gasteiger partial charge on any atom is -0.384 e. The number of hydrogen-bond acceptors (Lipinski definition) is 2. The van der Waals surface area contributed by atoms with Gasteiger partial charge in [0.25, 0.3) is 0 Å². The molecule has 0 bridgehead atoms. The van der Waals surface area contributed by atoms with Crippen LogP contribution in [0.15, 0.2) is 18.2 Å². The first-order chi connectivity index (χ1) is 8.13. The standard InChI is InChI=1S/C15H20N2/c1-5-8-16-14-9-11(3)17-15-12(4)10(2)6-7-13(14)15/h6-7,9H,5,8H2,1-4H3,(H,16,17). The molecule has 0 radical (unpaired) electrons. The Morgan fingerprint density at radius 2 is 1.94 bits per heavy atom. The predicted molar refractivity (Wildman–Crippen MR) is 74.7 cm³/mol. The molecule has 2 aromatic rings. The Balaban J connectivity index is 2.64. The van der Waals surface area contributed by atoms with Gasteiger partial charge in [0, 0.05) is 23.3 Å². The topological polar surface area (TPSA) is 24.9 Å². The molecule has 2 rings (SSSR count). The molecule has 1 N–H and O–H groups in total. The fourth-order valence-electron chi connectivity index (χ4n) is 2.06. The summed E-state index contributed by atoms with van der Waals surface area (Å²) in [6.45, 7) is 9.52. The summed E-state index contributed by atoms with van der Waals surface area (Å²) in [6.07, 6.45) is 1.13. The Morgan fingerprint density at radius 1 is 1.18 bits per heavy atom. The first-order valence-corrected chi connectivity index (χ1v) is 6.25. The highest BCUT2D eigenvalue weighted by Crippen LogP contribution is 2.27. The van der Waals surface area contributed by atoms with Crippen LogP contribution in [0.3, 0.4) is 0 Å². The Hall–Kier alpha value is -1.57. The van der Waals surface area contributed by atoms with Gasteiger partial charge in [-0.3, -0.25) is 4.98 Å². The molecule has 0 unspecified atom stereocenters. The van der Waals surface area contributed by atoms with Crippen molar-refractivity contribution < 1.29 is 0 Å². The SMILES string of the molecule is CCCNc1cc(C)nc2c(C)c(C)ccc12. The molecule has 1 aromatic heterocycles. The Morgan fingerprint density at radius 3 is 2.65 bits per heavy atom. The molecule has 2 heteroatoms. The molecular formula is C15H20N2. The van der Waals surface area contributed by atoms with Crippen molar-refractivity contribution in [3.63, 3.8) is 0 Å². The molecule has 0 aliphatic rings. The largest absolute Gasteiger partial charge is 0.384 e. The smallest absolute Gasteiger partial charge is 0.0757 e. The molecule has 90 valence electrons. The van der Waals surface area contributed by atoms with Crippen LogP contribution in [0.4, 0.5) is 5.69 Å². The monoisotopic (exact) mass is 228 g/mol. The van der Waals surface area contributed by atoms with Gasteiger partial charge in [0.2, 0.25) is 0 Å². The van der Waals surface area contributed by atoms with Gasteiger partial charge in [-0.25, -0.2) is 0 Å². The van der Waals surface area contributed by atoms with Crippen molar-refractivity contribution in [3.8, 4) is 0 Å². The molecule has 1 aromatic carbocycles. The van der Waals surface area contributed by atoms with E-state index in [2.05, 4.69) is 56.2 Å². The number of benzene rings is 1. The quantitative estimate of drug-likeness (QED) is 0.859. The van der Waals surface area contributed by atoms with Crippen LogP contribution >= 0.6 is 0 Å². The number of rotatable bonds is 3. The molecule has 17 heavy (non-hydrogen) atoms. The van der Waals surface area contributed by atoms with Crippen LogP contribution in [0.5, 0.6) is 0 Å². The zero-order chi connectivity index (χ0) is 12.4. The number of aromatic nitrogens is 1. The lowest BCUT2D eigenvalue weighted by Gasteiger charge is -2.12. The van der Waals surface area contributed by atoms with Gasteiger partial charge in [0.1, 0.15) is 0 Å². The molecule has 0 saturated heterocycles. The van der Waals surface area contributed by atoms with Gasteiger partial charge in [0.05, 0.1) is 5.52 Å². The van der Waals surface area contributed by atoms with E-state index in [4.69, 9.17) is 0 Å². The molecule has 0 spiro atoms. The van der Waals surface area contributed by atoms with Crippen molar-refractivity contribution in [1.29, 1.82) is 0 Å². The van der Waals surface area contributed by atoms with Crippen molar-refractivity contribution in [3.05, 3.63) is 35.0 Å². The third-order valence-electron chi connectivity index (χ3n) is 3.20. The fourth-order valence-corrected chi connectivity index (χ4v) is 2.06. The van der Waals surface area contributed by atoms with E-state index in [1.807, 2.05) is 0 Å². The van der Waals surface area contributed by atoms with Gasteiger partial charge in [-0.05, 0) is 44.4 Å². The molecule has 0 amide bonds. The Bertz CT molecular complexity index is 544. The summed E-state index contributed by atoms with van der Waals surface area (Å²) in [5, 5.41) is 4.71. The van der Waals surface area contributed by atoms with Gasteiger partial charge in [-0.2, -0.15) is 0 Å². The number of pyridine rings is 1. The van der Waals surface area contributed by atoms with Crippen molar-refractivity contribution in [2.75, 3.05) is 11.9 Å². The number of nitrogens with zero attached hydrogens (tertiary/aromatic N) is 1. The van der Waals surface area contributed by atoms with Crippen molar-refractivity contribution in [2.24, 2.45) is 0 Å². The van der Waals surface area contributed by atoms with Crippen LogP contribution in [0.25, 0.3) is 10.9 Å². The molecule has 0 aliphatic heterocycles. The summed E-state index contributed by atoms with van der Waals surface area (Å²) in [4.78, 5) is 4.66. The van der Waals surface area contributed by atoms with Gasteiger partial charge in [-0.1, -0.05) is 19.1 Å². The van der Waals surface area contributed by atoms with E-state index in [0.29, 0.717) is 0 Å². The zero-order valence-corrected chi connectivity index (χ0v) is 11.1. The number of aryl methyl sites for hydroxylation is 3. The second kappa shape index (κ2) is 4.74. The minimum atomic E-state index is 1.01. The summed E-state index contributed by atoms with van der Waals surface area (Å²) in [5.41, 5.74) is 5.99. The number of fused-ring (bicyclic) bond motifs is 1. The lowest BCUT2D eigenvalue weighted by atomic mass is 10.0. The first-order valence-electron chi connectivity index (χ1n) is 6.25. The molecule has 0 atom stereocenters.